The van der Waals surface area contributed by atoms with Crippen molar-refractivity contribution in [2.75, 3.05) is 31.5 Å². The van der Waals surface area contributed by atoms with E-state index < -0.39 is 0 Å². The minimum atomic E-state index is 0.772. The fraction of sp³-hybridized carbons (Fsp3) is 0.733. The Morgan fingerprint density at radius 3 is 3.05 bits per heavy atom. The number of aryl methyl sites for hydroxylation is 1. The maximum Gasteiger partial charge on any atom is 0.132 e. The zero-order chi connectivity index (χ0) is 13.1. The number of hydrogen-bond donors (Lipinski definition) is 1. The highest BCUT2D eigenvalue weighted by Crippen LogP contribution is 2.25. The van der Waals surface area contributed by atoms with Crippen LogP contribution in [0.2, 0.25) is 0 Å². The molecule has 0 saturated carbocycles. The Bertz CT molecular complexity index is 432. The molecule has 2 aliphatic rings. The molecule has 0 spiro atoms. The molecule has 1 aromatic rings. The zero-order valence-corrected chi connectivity index (χ0v) is 11.9. The van der Waals surface area contributed by atoms with Crippen molar-refractivity contribution < 1.29 is 0 Å². The van der Waals surface area contributed by atoms with Gasteiger partial charge in [0.2, 0.25) is 0 Å². The van der Waals surface area contributed by atoms with Crippen LogP contribution in [0.1, 0.15) is 37.4 Å². The fourth-order valence-corrected chi connectivity index (χ4v) is 3.28. The fourth-order valence-electron chi connectivity index (χ4n) is 3.28. The molecule has 1 aliphatic carbocycles. The highest BCUT2D eigenvalue weighted by molar-refractivity contribution is 5.47. The molecule has 1 fully saturated rings. The average molecular weight is 260 g/mol. The summed E-state index contributed by atoms with van der Waals surface area (Å²) in [4.78, 5) is 11.4. The van der Waals surface area contributed by atoms with E-state index >= 15 is 0 Å². The number of likely N-dealkylation sites (tertiary alicyclic amines) is 1. The molecule has 104 valence electrons. The van der Waals surface area contributed by atoms with E-state index in [1.165, 1.54) is 50.2 Å². The summed E-state index contributed by atoms with van der Waals surface area (Å²) in [6.07, 6.45) is 7.86. The molecule has 4 nitrogen and oxygen atoms in total. The second-order valence-corrected chi connectivity index (χ2v) is 5.78. The number of anilines is 1. The van der Waals surface area contributed by atoms with Gasteiger partial charge in [0.1, 0.15) is 12.1 Å². The summed E-state index contributed by atoms with van der Waals surface area (Å²) in [5.41, 5.74) is 2.64. The summed E-state index contributed by atoms with van der Waals surface area (Å²) in [6.45, 7) is 6.97. The average Bonchev–Trinajstić information content (AvgIpc) is 2.93. The standard InChI is InChI=1S/C15H24N4/c1-2-19-8-7-12(10-19)9-16-15-13-5-3-4-6-14(13)17-11-18-15/h11-12H,2-10H2,1H3,(H,16,17,18). The van der Waals surface area contributed by atoms with Crippen LogP contribution in [0.15, 0.2) is 6.33 Å². The largest absolute Gasteiger partial charge is 0.369 e. The number of aromatic nitrogens is 2. The second kappa shape index (κ2) is 5.87. The molecule has 1 aliphatic heterocycles. The molecule has 1 N–H and O–H groups in total. The number of rotatable bonds is 4. The molecule has 1 unspecified atom stereocenters. The van der Waals surface area contributed by atoms with Crippen LogP contribution in [0.25, 0.3) is 0 Å². The third kappa shape index (κ3) is 2.89. The first-order valence-electron chi connectivity index (χ1n) is 7.65. The minimum absolute atomic E-state index is 0.772. The topological polar surface area (TPSA) is 41.0 Å². The van der Waals surface area contributed by atoms with Crippen molar-refractivity contribution in [3.8, 4) is 0 Å². The van der Waals surface area contributed by atoms with Gasteiger partial charge in [-0.2, -0.15) is 0 Å². The number of nitrogens with one attached hydrogen (secondary N) is 1. The molecule has 0 amide bonds. The first kappa shape index (κ1) is 12.9. The summed E-state index contributed by atoms with van der Waals surface area (Å²) >= 11 is 0. The van der Waals surface area contributed by atoms with Gasteiger partial charge in [-0.25, -0.2) is 9.97 Å². The van der Waals surface area contributed by atoms with Gasteiger partial charge in [-0.15, -0.1) is 0 Å². The van der Waals surface area contributed by atoms with Gasteiger partial charge in [-0.3, -0.25) is 0 Å². The van der Waals surface area contributed by atoms with Crippen LogP contribution in [0, 0.1) is 5.92 Å². The lowest BCUT2D eigenvalue weighted by Gasteiger charge is -2.19. The van der Waals surface area contributed by atoms with E-state index in [9.17, 15) is 0 Å². The van der Waals surface area contributed by atoms with Crippen LogP contribution in [-0.4, -0.2) is 41.0 Å². The highest BCUT2D eigenvalue weighted by atomic mass is 15.1. The monoisotopic (exact) mass is 260 g/mol. The van der Waals surface area contributed by atoms with E-state index in [0.717, 1.165) is 31.1 Å². The van der Waals surface area contributed by atoms with E-state index in [4.69, 9.17) is 0 Å². The first-order valence-corrected chi connectivity index (χ1v) is 7.65. The van der Waals surface area contributed by atoms with Crippen molar-refractivity contribution in [1.29, 1.82) is 0 Å². The van der Waals surface area contributed by atoms with E-state index in [1.807, 2.05) is 0 Å². The molecule has 1 saturated heterocycles. The van der Waals surface area contributed by atoms with Crippen LogP contribution in [0.5, 0.6) is 0 Å². The Morgan fingerprint density at radius 2 is 2.21 bits per heavy atom. The van der Waals surface area contributed by atoms with E-state index in [1.54, 1.807) is 6.33 Å². The lowest BCUT2D eigenvalue weighted by Crippen LogP contribution is -2.23. The SMILES string of the molecule is CCN1CCC(CNc2ncnc3c2CCCC3)C1. The zero-order valence-electron chi connectivity index (χ0n) is 11.9. The molecule has 1 atom stereocenters. The Labute approximate surface area is 115 Å². The van der Waals surface area contributed by atoms with Crippen LogP contribution >= 0.6 is 0 Å². The third-order valence-corrected chi connectivity index (χ3v) is 4.50. The molecule has 1 aromatic heterocycles. The van der Waals surface area contributed by atoms with Gasteiger partial charge in [0.15, 0.2) is 0 Å². The molecule has 3 rings (SSSR count). The quantitative estimate of drug-likeness (QED) is 0.900. The first-order chi connectivity index (χ1) is 9.36. The van der Waals surface area contributed by atoms with Gasteiger partial charge in [0.05, 0.1) is 0 Å². The molecule has 4 heteroatoms. The van der Waals surface area contributed by atoms with Crippen molar-refractivity contribution >= 4 is 5.82 Å². The summed E-state index contributed by atoms with van der Waals surface area (Å²) in [5.74, 6) is 1.87. The molecule has 2 heterocycles. The lowest BCUT2D eigenvalue weighted by atomic mass is 9.96. The van der Waals surface area contributed by atoms with Crippen LogP contribution in [0.3, 0.4) is 0 Å². The highest BCUT2D eigenvalue weighted by Gasteiger charge is 2.22. The van der Waals surface area contributed by atoms with E-state index in [2.05, 4.69) is 27.1 Å². The van der Waals surface area contributed by atoms with Crippen molar-refractivity contribution in [1.82, 2.24) is 14.9 Å². The summed E-state index contributed by atoms with van der Waals surface area (Å²) in [7, 11) is 0. The Morgan fingerprint density at radius 1 is 1.32 bits per heavy atom. The van der Waals surface area contributed by atoms with Crippen molar-refractivity contribution in [2.24, 2.45) is 5.92 Å². The van der Waals surface area contributed by atoms with Crippen LogP contribution < -0.4 is 5.32 Å². The number of fused-ring (bicyclic) bond motifs is 1. The lowest BCUT2D eigenvalue weighted by molar-refractivity contribution is 0.345. The normalized spacial score (nSPS) is 23.3. The predicted molar refractivity (Wildman–Crippen MR) is 77.4 cm³/mol. The summed E-state index contributed by atoms with van der Waals surface area (Å²) in [5, 5.41) is 3.58. The second-order valence-electron chi connectivity index (χ2n) is 5.78. The van der Waals surface area contributed by atoms with Gasteiger partial charge < -0.3 is 10.2 Å². The summed E-state index contributed by atoms with van der Waals surface area (Å²) in [6, 6.07) is 0. The molecule has 0 bridgehead atoms. The van der Waals surface area contributed by atoms with Crippen LogP contribution in [-0.2, 0) is 12.8 Å². The van der Waals surface area contributed by atoms with Gasteiger partial charge >= 0.3 is 0 Å². The third-order valence-electron chi connectivity index (χ3n) is 4.50. The minimum Gasteiger partial charge on any atom is -0.369 e. The molecular formula is C15H24N4. The van der Waals surface area contributed by atoms with Gasteiger partial charge in [-0.05, 0) is 51.1 Å². The van der Waals surface area contributed by atoms with Gasteiger partial charge in [0, 0.05) is 24.3 Å². The van der Waals surface area contributed by atoms with Crippen LogP contribution in [0.4, 0.5) is 5.82 Å². The van der Waals surface area contributed by atoms with Gasteiger partial charge in [0.25, 0.3) is 0 Å². The Balaban J connectivity index is 1.61. The molecule has 0 aromatic carbocycles. The summed E-state index contributed by atoms with van der Waals surface area (Å²) < 4.78 is 0. The number of hydrogen-bond acceptors (Lipinski definition) is 4. The molecule has 0 radical (unpaired) electrons. The predicted octanol–water partition coefficient (Wildman–Crippen LogP) is 2.11. The molecular weight excluding hydrogens is 236 g/mol. The Hall–Kier alpha value is -1.16. The van der Waals surface area contributed by atoms with E-state index in [-0.39, 0.29) is 0 Å². The smallest absolute Gasteiger partial charge is 0.132 e. The number of nitrogens with zero attached hydrogens (tertiary/aromatic N) is 3. The van der Waals surface area contributed by atoms with Crippen molar-refractivity contribution in [3.63, 3.8) is 0 Å². The molecule has 19 heavy (non-hydrogen) atoms. The van der Waals surface area contributed by atoms with Crippen molar-refractivity contribution in [2.45, 2.75) is 39.0 Å². The maximum absolute atomic E-state index is 4.46. The van der Waals surface area contributed by atoms with Gasteiger partial charge in [-0.1, -0.05) is 6.92 Å². The van der Waals surface area contributed by atoms with Crippen molar-refractivity contribution in [3.05, 3.63) is 17.6 Å². The maximum atomic E-state index is 4.46. The Kier molecular flexibility index (Phi) is 3.97. The van der Waals surface area contributed by atoms with E-state index in [0.29, 0.717) is 0 Å².